The zero-order valence-electron chi connectivity index (χ0n) is 34.4. The van der Waals surface area contributed by atoms with Gasteiger partial charge in [0.15, 0.2) is 0 Å². The predicted molar refractivity (Wildman–Crippen MR) is 264 cm³/mol. The van der Waals surface area contributed by atoms with Gasteiger partial charge in [0.25, 0.3) is 0 Å². The van der Waals surface area contributed by atoms with E-state index in [0.717, 1.165) is 66.9 Å². The smallest absolute Gasteiger partial charge is 0.143 e. The van der Waals surface area contributed by atoms with Crippen molar-refractivity contribution in [2.75, 3.05) is 4.90 Å². The van der Waals surface area contributed by atoms with Crippen LogP contribution in [0.25, 0.3) is 93.9 Å². The van der Waals surface area contributed by atoms with Gasteiger partial charge in [-0.05, 0) is 100 Å². The Morgan fingerprint density at radius 1 is 0.302 bits per heavy atom. The first-order chi connectivity index (χ1) is 31.2. The zero-order chi connectivity index (χ0) is 41.7. The molecule has 0 saturated carbocycles. The SMILES string of the molecule is c1ccc(-c2ccc(N(c3ccc(-c4cccc(-c5ccccc5-n5c6ccccc6c6ccccc65)c4)cc3)c3cccc(-c4cccc5c4oc4ccccc45)c3)cc2)cc1. The molecule has 0 bridgehead atoms. The van der Waals surface area contributed by atoms with Crippen LogP contribution in [-0.4, -0.2) is 4.57 Å². The Labute approximate surface area is 366 Å². The van der Waals surface area contributed by atoms with Crippen molar-refractivity contribution in [2.45, 2.75) is 0 Å². The molecular formula is C60H40N2O. The highest BCUT2D eigenvalue weighted by Gasteiger charge is 2.18. The molecule has 3 heteroatoms. The molecule has 12 aromatic rings. The van der Waals surface area contributed by atoms with Crippen LogP contribution in [0, 0.1) is 0 Å². The molecule has 0 amide bonds. The average Bonchev–Trinajstić information content (AvgIpc) is 3.91. The molecule has 0 atom stereocenters. The van der Waals surface area contributed by atoms with E-state index >= 15 is 0 Å². The Bertz CT molecular complexity index is 3560. The molecule has 0 saturated heterocycles. The molecule has 2 heterocycles. The molecule has 3 nitrogen and oxygen atoms in total. The molecule has 0 spiro atoms. The number of nitrogens with zero attached hydrogens (tertiary/aromatic N) is 2. The predicted octanol–water partition coefficient (Wildman–Crippen LogP) is 16.8. The minimum absolute atomic E-state index is 0.897. The van der Waals surface area contributed by atoms with E-state index in [9.17, 15) is 0 Å². The van der Waals surface area contributed by atoms with E-state index in [1.165, 1.54) is 44.1 Å². The fraction of sp³-hybridized carbons (Fsp3) is 0. The molecule has 0 fully saturated rings. The second-order valence-corrected chi connectivity index (χ2v) is 16.1. The number of para-hydroxylation sites is 5. The summed E-state index contributed by atoms with van der Waals surface area (Å²) in [5.74, 6) is 0. The molecule has 0 unspecified atom stereocenters. The first-order valence-electron chi connectivity index (χ1n) is 21.5. The lowest BCUT2D eigenvalue weighted by Gasteiger charge is -2.26. The maximum absolute atomic E-state index is 6.50. The first-order valence-corrected chi connectivity index (χ1v) is 21.5. The topological polar surface area (TPSA) is 21.3 Å². The van der Waals surface area contributed by atoms with Crippen molar-refractivity contribution in [1.29, 1.82) is 0 Å². The summed E-state index contributed by atoms with van der Waals surface area (Å²) >= 11 is 0. The quantitative estimate of drug-likeness (QED) is 0.153. The van der Waals surface area contributed by atoms with Gasteiger partial charge in [-0.2, -0.15) is 0 Å². The van der Waals surface area contributed by atoms with Crippen molar-refractivity contribution in [3.8, 4) is 50.2 Å². The number of anilines is 3. The van der Waals surface area contributed by atoms with Crippen molar-refractivity contribution in [1.82, 2.24) is 4.57 Å². The number of benzene rings is 10. The molecule has 0 aliphatic rings. The van der Waals surface area contributed by atoms with Gasteiger partial charge in [0.2, 0.25) is 0 Å². The van der Waals surface area contributed by atoms with Crippen molar-refractivity contribution < 1.29 is 4.42 Å². The van der Waals surface area contributed by atoms with Crippen LogP contribution in [0.4, 0.5) is 17.1 Å². The van der Waals surface area contributed by atoms with Crippen LogP contribution in [-0.2, 0) is 0 Å². The Morgan fingerprint density at radius 3 is 1.52 bits per heavy atom. The zero-order valence-corrected chi connectivity index (χ0v) is 34.4. The van der Waals surface area contributed by atoms with Crippen LogP contribution >= 0.6 is 0 Å². The number of hydrogen-bond donors (Lipinski definition) is 0. The van der Waals surface area contributed by atoms with E-state index in [-0.39, 0.29) is 0 Å². The molecular weight excluding hydrogens is 765 g/mol. The summed E-state index contributed by atoms with van der Waals surface area (Å²) in [6.45, 7) is 0. The number of hydrogen-bond acceptors (Lipinski definition) is 2. The largest absolute Gasteiger partial charge is 0.455 e. The van der Waals surface area contributed by atoms with Crippen molar-refractivity contribution in [3.63, 3.8) is 0 Å². The van der Waals surface area contributed by atoms with E-state index in [4.69, 9.17) is 4.42 Å². The number of fused-ring (bicyclic) bond motifs is 6. The highest BCUT2D eigenvalue weighted by molar-refractivity contribution is 6.11. The van der Waals surface area contributed by atoms with E-state index in [2.05, 4.69) is 240 Å². The summed E-state index contributed by atoms with van der Waals surface area (Å²) in [5, 5.41) is 4.77. The molecule has 10 aromatic carbocycles. The van der Waals surface area contributed by atoms with E-state index in [0.29, 0.717) is 0 Å². The molecule has 12 rings (SSSR count). The second-order valence-electron chi connectivity index (χ2n) is 16.1. The third kappa shape index (κ3) is 6.38. The van der Waals surface area contributed by atoms with E-state index < -0.39 is 0 Å². The summed E-state index contributed by atoms with van der Waals surface area (Å²) < 4.78 is 8.91. The molecule has 63 heavy (non-hydrogen) atoms. The summed E-state index contributed by atoms with van der Waals surface area (Å²) in [6, 6.07) is 87.0. The Balaban J connectivity index is 0.936. The lowest BCUT2D eigenvalue weighted by atomic mass is 9.97. The number of furan rings is 1. The molecule has 0 radical (unpaired) electrons. The Hall–Kier alpha value is -8.40. The van der Waals surface area contributed by atoms with Crippen LogP contribution in [0.15, 0.2) is 247 Å². The Morgan fingerprint density at radius 2 is 0.794 bits per heavy atom. The van der Waals surface area contributed by atoms with Gasteiger partial charge in [-0.25, -0.2) is 0 Å². The van der Waals surface area contributed by atoms with Crippen molar-refractivity contribution >= 4 is 60.8 Å². The summed E-state index contributed by atoms with van der Waals surface area (Å²) in [4.78, 5) is 2.35. The van der Waals surface area contributed by atoms with Crippen LogP contribution in [0.2, 0.25) is 0 Å². The molecule has 0 aliphatic heterocycles. The van der Waals surface area contributed by atoms with Gasteiger partial charge in [-0.1, -0.05) is 176 Å². The summed E-state index contributed by atoms with van der Waals surface area (Å²) in [5.41, 5.74) is 17.8. The maximum atomic E-state index is 6.50. The maximum Gasteiger partial charge on any atom is 0.143 e. The summed E-state index contributed by atoms with van der Waals surface area (Å²) in [6.07, 6.45) is 0. The van der Waals surface area contributed by atoms with Crippen molar-refractivity contribution in [3.05, 3.63) is 243 Å². The average molecular weight is 805 g/mol. The van der Waals surface area contributed by atoms with Crippen LogP contribution < -0.4 is 4.90 Å². The fourth-order valence-electron chi connectivity index (χ4n) is 9.43. The minimum Gasteiger partial charge on any atom is -0.455 e. The molecule has 296 valence electrons. The van der Waals surface area contributed by atoms with E-state index in [1.54, 1.807) is 0 Å². The Kier molecular flexibility index (Phi) is 8.83. The highest BCUT2D eigenvalue weighted by atomic mass is 16.3. The highest BCUT2D eigenvalue weighted by Crippen LogP contribution is 2.42. The monoisotopic (exact) mass is 804 g/mol. The molecule has 0 N–H and O–H groups in total. The van der Waals surface area contributed by atoms with Crippen LogP contribution in [0.3, 0.4) is 0 Å². The normalized spacial score (nSPS) is 11.5. The minimum atomic E-state index is 0.897. The molecule has 2 aromatic heterocycles. The fourth-order valence-corrected chi connectivity index (χ4v) is 9.43. The molecule has 0 aliphatic carbocycles. The number of aromatic nitrogens is 1. The lowest BCUT2D eigenvalue weighted by Crippen LogP contribution is -2.10. The standard InChI is InChI=1S/C60H40N2O/c1-2-15-41(16-3-1)42-31-35-47(36-32-42)61(49-20-13-19-46(40-49)51-25-14-26-55-54-24-7-11-30-59(54)63-60(51)55)48-37-33-43(34-38-48)44-17-12-18-45(39-44)50-21-4-8-27-56(50)62-57-28-9-5-22-52(57)53-23-6-10-29-58(53)62/h1-40H. The van der Waals surface area contributed by atoms with Crippen LogP contribution in [0.1, 0.15) is 0 Å². The van der Waals surface area contributed by atoms with Gasteiger partial charge in [-0.15, -0.1) is 0 Å². The number of rotatable bonds is 8. The van der Waals surface area contributed by atoms with Gasteiger partial charge >= 0.3 is 0 Å². The third-order valence-corrected chi connectivity index (χ3v) is 12.4. The van der Waals surface area contributed by atoms with Gasteiger partial charge in [0, 0.05) is 49.7 Å². The van der Waals surface area contributed by atoms with Gasteiger partial charge in [-0.3, -0.25) is 0 Å². The third-order valence-electron chi connectivity index (χ3n) is 12.4. The van der Waals surface area contributed by atoms with Gasteiger partial charge < -0.3 is 13.9 Å². The lowest BCUT2D eigenvalue weighted by molar-refractivity contribution is 0.670. The van der Waals surface area contributed by atoms with Gasteiger partial charge in [0.05, 0.1) is 16.7 Å². The van der Waals surface area contributed by atoms with Crippen molar-refractivity contribution in [2.24, 2.45) is 0 Å². The van der Waals surface area contributed by atoms with Gasteiger partial charge in [0.1, 0.15) is 11.2 Å². The second kappa shape index (κ2) is 15.3. The first kappa shape index (κ1) is 36.5. The van der Waals surface area contributed by atoms with E-state index in [1.807, 2.05) is 12.1 Å². The van der Waals surface area contributed by atoms with Crippen LogP contribution in [0.5, 0.6) is 0 Å². The summed E-state index contributed by atoms with van der Waals surface area (Å²) in [7, 11) is 0.